The fourth-order valence-corrected chi connectivity index (χ4v) is 2.64. The van der Waals surface area contributed by atoms with Gasteiger partial charge < -0.3 is 10.1 Å². The van der Waals surface area contributed by atoms with Gasteiger partial charge >= 0.3 is 0 Å². The highest BCUT2D eigenvalue weighted by Crippen LogP contribution is 2.16. The largest absolute Gasteiger partial charge is 0.375 e. The first kappa shape index (κ1) is 17.7. The van der Waals surface area contributed by atoms with Gasteiger partial charge in [-0.3, -0.25) is 4.57 Å². The molecule has 25 heavy (non-hydrogen) atoms. The summed E-state index contributed by atoms with van der Waals surface area (Å²) in [7, 11) is 0. The van der Waals surface area contributed by atoms with Crippen molar-refractivity contribution < 1.29 is 4.74 Å². The third-order valence-electron chi connectivity index (χ3n) is 3.38. The van der Waals surface area contributed by atoms with Crippen LogP contribution < -0.4 is 5.32 Å². The van der Waals surface area contributed by atoms with E-state index >= 15 is 0 Å². The van der Waals surface area contributed by atoms with E-state index in [1.807, 2.05) is 47.4 Å². The Balaban J connectivity index is 1.52. The van der Waals surface area contributed by atoms with E-state index in [0.717, 1.165) is 22.2 Å². The molecule has 0 aliphatic rings. The molecule has 1 N–H and O–H groups in total. The summed E-state index contributed by atoms with van der Waals surface area (Å²) < 4.78 is 7.52. The maximum atomic E-state index is 5.87. The van der Waals surface area contributed by atoms with Crippen molar-refractivity contribution in [2.75, 3.05) is 24.7 Å². The number of rotatable bonds is 8. The van der Waals surface area contributed by atoms with E-state index < -0.39 is 0 Å². The van der Waals surface area contributed by atoms with Gasteiger partial charge in [-0.15, -0.1) is 0 Å². The zero-order chi connectivity index (χ0) is 17.5. The van der Waals surface area contributed by atoms with E-state index in [1.54, 1.807) is 12.5 Å². The van der Waals surface area contributed by atoms with E-state index in [1.165, 1.54) is 11.8 Å². The molecule has 0 saturated heterocycles. The summed E-state index contributed by atoms with van der Waals surface area (Å²) in [6.07, 6.45) is 7.24. The Labute approximate surface area is 155 Å². The number of nitrogens with zero attached hydrogens (tertiary/aromatic N) is 4. The fraction of sp³-hybridized carbons (Fsp3) is 0.235. The second-order valence-electron chi connectivity index (χ2n) is 5.17. The molecule has 2 heterocycles. The molecular formula is C17H18ClN5OS. The van der Waals surface area contributed by atoms with Crippen molar-refractivity contribution in [3.05, 3.63) is 59.6 Å². The molecule has 1 aromatic carbocycles. The van der Waals surface area contributed by atoms with Gasteiger partial charge in [0.2, 0.25) is 0 Å². The molecule has 0 bridgehead atoms. The number of hydrogen-bond acceptors (Lipinski definition) is 6. The minimum Gasteiger partial charge on any atom is -0.375 e. The monoisotopic (exact) mass is 375 g/mol. The van der Waals surface area contributed by atoms with Gasteiger partial charge in [-0.05, 0) is 24.0 Å². The minimum absolute atomic E-state index is 0.555. The normalized spacial score (nSPS) is 10.8. The summed E-state index contributed by atoms with van der Waals surface area (Å²) in [6.45, 7) is 1.78. The number of benzene rings is 1. The number of thioether (sulfide) groups is 1. The maximum Gasteiger partial charge on any atom is 0.191 e. The van der Waals surface area contributed by atoms with Crippen molar-refractivity contribution in [2.45, 2.75) is 11.8 Å². The van der Waals surface area contributed by atoms with Gasteiger partial charge in [0.1, 0.15) is 18.0 Å². The highest BCUT2D eigenvalue weighted by atomic mass is 35.5. The van der Waals surface area contributed by atoms with E-state index in [2.05, 4.69) is 20.3 Å². The van der Waals surface area contributed by atoms with Crippen LogP contribution in [0.3, 0.4) is 0 Å². The number of imidazole rings is 1. The molecule has 3 aromatic rings. The summed E-state index contributed by atoms with van der Waals surface area (Å²) in [4.78, 5) is 13.0. The molecule has 130 valence electrons. The van der Waals surface area contributed by atoms with Gasteiger partial charge in [-0.2, -0.15) is 0 Å². The third kappa shape index (κ3) is 5.19. The van der Waals surface area contributed by atoms with Crippen molar-refractivity contribution in [1.29, 1.82) is 0 Å². The Bertz CT molecular complexity index is 795. The molecule has 0 atom stereocenters. The van der Waals surface area contributed by atoms with Crippen LogP contribution in [0.1, 0.15) is 5.56 Å². The topological polar surface area (TPSA) is 64.9 Å². The fourth-order valence-electron chi connectivity index (χ4n) is 2.14. The first-order chi connectivity index (χ1) is 12.2. The Morgan fingerprint density at radius 1 is 1.24 bits per heavy atom. The number of ether oxygens (including phenoxy) is 1. The van der Waals surface area contributed by atoms with Crippen LogP contribution in [0.4, 0.5) is 5.82 Å². The van der Waals surface area contributed by atoms with Gasteiger partial charge in [-0.1, -0.05) is 35.5 Å². The molecule has 0 spiro atoms. The smallest absolute Gasteiger partial charge is 0.191 e. The Kier molecular flexibility index (Phi) is 6.27. The Morgan fingerprint density at radius 2 is 2.08 bits per heavy atom. The predicted octanol–water partition coefficient (Wildman–Crippen LogP) is 3.67. The molecule has 0 amide bonds. The second-order valence-corrected chi connectivity index (χ2v) is 6.38. The summed E-state index contributed by atoms with van der Waals surface area (Å²) in [5, 5.41) is 4.71. The van der Waals surface area contributed by atoms with Crippen molar-refractivity contribution in [2.24, 2.45) is 0 Å². The van der Waals surface area contributed by atoms with Gasteiger partial charge in [-0.25, -0.2) is 15.0 Å². The average Bonchev–Trinajstić information content (AvgIpc) is 3.17. The molecule has 0 radical (unpaired) electrons. The van der Waals surface area contributed by atoms with Crippen molar-refractivity contribution in [3.8, 4) is 5.82 Å². The molecule has 0 unspecified atom stereocenters. The molecular weight excluding hydrogens is 358 g/mol. The number of anilines is 1. The zero-order valence-electron chi connectivity index (χ0n) is 13.7. The first-order valence-corrected chi connectivity index (χ1v) is 9.32. The lowest BCUT2D eigenvalue weighted by Gasteiger charge is -2.10. The number of nitrogens with one attached hydrogen (secondary N) is 1. The molecule has 0 aliphatic carbocycles. The van der Waals surface area contributed by atoms with E-state index in [-0.39, 0.29) is 0 Å². The first-order valence-electron chi connectivity index (χ1n) is 7.72. The highest BCUT2D eigenvalue weighted by Gasteiger charge is 2.05. The number of aromatic nitrogens is 4. The minimum atomic E-state index is 0.555. The third-order valence-corrected chi connectivity index (χ3v) is 4.18. The van der Waals surface area contributed by atoms with E-state index in [0.29, 0.717) is 24.9 Å². The lowest BCUT2D eigenvalue weighted by molar-refractivity contribution is 0.130. The molecule has 3 rings (SSSR count). The van der Waals surface area contributed by atoms with Gasteiger partial charge in [0.15, 0.2) is 5.16 Å². The van der Waals surface area contributed by atoms with E-state index in [9.17, 15) is 0 Å². The summed E-state index contributed by atoms with van der Waals surface area (Å²) in [5.74, 6) is 1.54. The summed E-state index contributed by atoms with van der Waals surface area (Å²) in [6, 6.07) is 9.53. The standard InChI is InChI=1S/C17H18ClN5OS/c1-25-17-21-15(10-16(22-17)23-8-6-19-12-23)20-7-9-24-11-13-2-4-14(18)5-3-13/h2-6,8,10,12H,7,9,11H2,1H3,(H,20,21,22). The Hall–Kier alpha value is -2.09. The Morgan fingerprint density at radius 3 is 2.80 bits per heavy atom. The maximum absolute atomic E-state index is 5.87. The van der Waals surface area contributed by atoms with E-state index in [4.69, 9.17) is 16.3 Å². The summed E-state index contributed by atoms with van der Waals surface area (Å²) >= 11 is 7.37. The molecule has 0 fully saturated rings. The predicted molar refractivity (Wildman–Crippen MR) is 101 cm³/mol. The molecule has 6 nitrogen and oxygen atoms in total. The number of halogens is 1. The van der Waals surface area contributed by atoms with Crippen LogP contribution in [0.15, 0.2) is 54.2 Å². The van der Waals surface area contributed by atoms with Crippen LogP contribution in [0.5, 0.6) is 0 Å². The second kappa shape index (κ2) is 8.84. The van der Waals surface area contributed by atoms with Crippen molar-refractivity contribution in [1.82, 2.24) is 19.5 Å². The van der Waals surface area contributed by atoms with Crippen LogP contribution >= 0.6 is 23.4 Å². The van der Waals surface area contributed by atoms with Crippen LogP contribution in [0.2, 0.25) is 5.02 Å². The zero-order valence-corrected chi connectivity index (χ0v) is 15.3. The lowest BCUT2D eigenvalue weighted by atomic mass is 10.2. The highest BCUT2D eigenvalue weighted by molar-refractivity contribution is 7.98. The molecule has 0 saturated carbocycles. The SMILES string of the molecule is CSc1nc(NCCOCc2ccc(Cl)cc2)cc(-n2ccnc2)n1. The van der Waals surface area contributed by atoms with Crippen LogP contribution in [-0.2, 0) is 11.3 Å². The van der Waals surface area contributed by atoms with Crippen molar-refractivity contribution in [3.63, 3.8) is 0 Å². The lowest BCUT2D eigenvalue weighted by Crippen LogP contribution is -2.11. The average molecular weight is 376 g/mol. The van der Waals surface area contributed by atoms with Gasteiger partial charge in [0.25, 0.3) is 0 Å². The van der Waals surface area contributed by atoms with Crippen LogP contribution in [-0.4, -0.2) is 38.9 Å². The van der Waals surface area contributed by atoms with Crippen molar-refractivity contribution >= 4 is 29.2 Å². The van der Waals surface area contributed by atoms with Crippen LogP contribution in [0, 0.1) is 0 Å². The van der Waals surface area contributed by atoms with Gasteiger partial charge in [0.05, 0.1) is 13.2 Å². The van der Waals surface area contributed by atoms with Crippen LogP contribution in [0.25, 0.3) is 5.82 Å². The molecule has 8 heteroatoms. The molecule has 2 aromatic heterocycles. The van der Waals surface area contributed by atoms with Gasteiger partial charge in [0, 0.05) is 30.0 Å². The quantitative estimate of drug-likeness (QED) is 0.368. The summed E-state index contributed by atoms with van der Waals surface area (Å²) in [5.41, 5.74) is 1.10. The number of hydrogen-bond donors (Lipinski definition) is 1. The molecule has 0 aliphatic heterocycles.